The minimum Gasteiger partial charge on any atom is -0.493 e. The number of urea groups is 1. The van der Waals surface area contributed by atoms with Gasteiger partial charge in [0, 0.05) is 13.6 Å². The van der Waals surface area contributed by atoms with Crippen molar-refractivity contribution < 1.29 is 37.0 Å². The molecular formula is C22H22F3N3O5. The zero-order valence-corrected chi connectivity index (χ0v) is 18.1. The first-order valence-corrected chi connectivity index (χ1v) is 9.81. The molecule has 2 aromatic rings. The maximum absolute atomic E-state index is 13.2. The highest BCUT2D eigenvalue weighted by molar-refractivity contribution is 6.09. The lowest BCUT2D eigenvalue weighted by molar-refractivity contribution is -0.138. The number of nitrogens with zero attached hydrogens (tertiary/aromatic N) is 2. The maximum Gasteiger partial charge on any atom is 0.387 e. The SMILES string of the molecule is COc1ccc(CN(C)C(=O)CN2C(=O)NC(C)(c3ccc(F)cc3)C2=O)cc1OC(F)F. The molecule has 1 unspecified atom stereocenters. The van der Waals surface area contributed by atoms with Crippen LogP contribution in [0.25, 0.3) is 0 Å². The van der Waals surface area contributed by atoms with E-state index in [0.29, 0.717) is 11.1 Å². The second-order valence-electron chi connectivity index (χ2n) is 7.57. The van der Waals surface area contributed by atoms with Crippen LogP contribution in [-0.2, 0) is 21.7 Å². The number of carbonyl (C=O) groups is 3. The van der Waals surface area contributed by atoms with Crippen LogP contribution in [0.4, 0.5) is 18.0 Å². The highest BCUT2D eigenvalue weighted by atomic mass is 19.3. The van der Waals surface area contributed by atoms with Gasteiger partial charge in [0.15, 0.2) is 11.5 Å². The number of ether oxygens (including phenoxy) is 2. The van der Waals surface area contributed by atoms with Crippen LogP contribution in [0.5, 0.6) is 11.5 Å². The fourth-order valence-electron chi connectivity index (χ4n) is 3.44. The van der Waals surface area contributed by atoms with Crippen LogP contribution in [-0.4, -0.2) is 55.0 Å². The highest BCUT2D eigenvalue weighted by Crippen LogP contribution is 2.31. The molecule has 1 heterocycles. The van der Waals surface area contributed by atoms with Gasteiger partial charge in [-0.2, -0.15) is 8.78 Å². The molecule has 1 atom stereocenters. The number of nitrogens with one attached hydrogen (secondary N) is 1. The lowest BCUT2D eigenvalue weighted by atomic mass is 9.92. The van der Waals surface area contributed by atoms with Crippen LogP contribution < -0.4 is 14.8 Å². The van der Waals surface area contributed by atoms with Crippen molar-refractivity contribution in [1.82, 2.24) is 15.1 Å². The normalized spacial score (nSPS) is 17.8. The number of halogens is 3. The molecule has 0 aliphatic carbocycles. The van der Waals surface area contributed by atoms with Crippen molar-refractivity contribution in [2.45, 2.75) is 25.6 Å². The van der Waals surface area contributed by atoms with E-state index >= 15 is 0 Å². The molecule has 0 aromatic heterocycles. The van der Waals surface area contributed by atoms with Crippen molar-refractivity contribution >= 4 is 17.8 Å². The number of carbonyl (C=O) groups excluding carboxylic acids is 3. The van der Waals surface area contributed by atoms with Crippen LogP contribution in [0.1, 0.15) is 18.1 Å². The molecule has 11 heteroatoms. The molecule has 1 aliphatic rings. The molecule has 8 nitrogen and oxygen atoms in total. The first kappa shape index (κ1) is 23.9. The molecule has 4 amide bonds. The van der Waals surface area contributed by atoms with E-state index in [1.807, 2.05) is 0 Å². The van der Waals surface area contributed by atoms with Gasteiger partial charge in [-0.25, -0.2) is 9.18 Å². The number of likely N-dealkylation sites (N-methyl/N-ethyl adjacent to an activating group) is 1. The van der Waals surface area contributed by atoms with E-state index < -0.39 is 42.4 Å². The second-order valence-corrected chi connectivity index (χ2v) is 7.57. The monoisotopic (exact) mass is 465 g/mol. The average Bonchev–Trinajstić information content (AvgIpc) is 2.97. The van der Waals surface area contributed by atoms with Gasteiger partial charge in [-0.15, -0.1) is 0 Å². The summed E-state index contributed by atoms with van der Waals surface area (Å²) in [5, 5.41) is 2.54. The van der Waals surface area contributed by atoms with Gasteiger partial charge in [-0.3, -0.25) is 14.5 Å². The van der Waals surface area contributed by atoms with Crippen molar-refractivity contribution in [3.05, 3.63) is 59.4 Å². The lowest BCUT2D eigenvalue weighted by Gasteiger charge is -2.23. The molecule has 1 N–H and O–H groups in total. The number of imide groups is 1. The summed E-state index contributed by atoms with van der Waals surface area (Å²) < 4.78 is 47.9. The highest BCUT2D eigenvalue weighted by Gasteiger charge is 2.49. The van der Waals surface area contributed by atoms with Gasteiger partial charge in [-0.1, -0.05) is 18.2 Å². The quantitative estimate of drug-likeness (QED) is 0.606. The third-order valence-corrected chi connectivity index (χ3v) is 5.28. The Morgan fingerprint density at radius 1 is 1.15 bits per heavy atom. The van der Waals surface area contributed by atoms with Crippen LogP contribution in [0.3, 0.4) is 0 Å². The van der Waals surface area contributed by atoms with Crippen molar-refractivity contribution in [2.75, 3.05) is 20.7 Å². The van der Waals surface area contributed by atoms with Gasteiger partial charge < -0.3 is 19.7 Å². The topological polar surface area (TPSA) is 88.2 Å². The summed E-state index contributed by atoms with van der Waals surface area (Å²) >= 11 is 0. The minimum absolute atomic E-state index is 0.00129. The Morgan fingerprint density at radius 3 is 2.42 bits per heavy atom. The smallest absolute Gasteiger partial charge is 0.387 e. The Balaban J connectivity index is 1.70. The Hall–Kier alpha value is -3.76. The Morgan fingerprint density at radius 2 is 1.82 bits per heavy atom. The van der Waals surface area contributed by atoms with E-state index in [1.165, 1.54) is 62.4 Å². The fraction of sp³-hybridized carbons (Fsp3) is 0.318. The van der Waals surface area contributed by atoms with Crippen molar-refractivity contribution in [3.63, 3.8) is 0 Å². The van der Waals surface area contributed by atoms with E-state index in [2.05, 4.69) is 10.1 Å². The average molecular weight is 465 g/mol. The predicted octanol–water partition coefficient (Wildman–Crippen LogP) is 2.86. The van der Waals surface area contributed by atoms with Gasteiger partial charge in [0.2, 0.25) is 5.91 Å². The van der Waals surface area contributed by atoms with Crippen LogP contribution in [0.2, 0.25) is 0 Å². The van der Waals surface area contributed by atoms with Crippen molar-refractivity contribution in [1.29, 1.82) is 0 Å². The zero-order valence-electron chi connectivity index (χ0n) is 18.1. The van der Waals surface area contributed by atoms with E-state index in [1.54, 1.807) is 6.07 Å². The molecule has 176 valence electrons. The zero-order chi connectivity index (χ0) is 24.3. The number of methoxy groups -OCH3 is 1. The molecule has 0 bridgehead atoms. The number of benzene rings is 2. The largest absolute Gasteiger partial charge is 0.493 e. The van der Waals surface area contributed by atoms with E-state index in [9.17, 15) is 27.6 Å². The minimum atomic E-state index is -3.05. The molecule has 0 spiro atoms. The van der Waals surface area contributed by atoms with Crippen LogP contribution >= 0.6 is 0 Å². The molecule has 0 radical (unpaired) electrons. The predicted molar refractivity (Wildman–Crippen MR) is 110 cm³/mol. The summed E-state index contributed by atoms with van der Waals surface area (Å²) in [6.45, 7) is -2.12. The summed E-state index contributed by atoms with van der Waals surface area (Å²) in [5.74, 6) is -1.79. The van der Waals surface area contributed by atoms with Gasteiger partial charge in [0.1, 0.15) is 17.9 Å². The first-order valence-electron chi connectivity index (χ1n) is 9.81. The van der Waals surface area contributed by atoms with Crippen molar-refractivity contribution in [3.8, 4) is 11.5 Å². The van der Waals surface area contributed by atoms with E-state index in [4.69, 9.17) is 4.74 Å². The lowest BCUT2D eigenvalue weighted by Crippen LogP contribution is -2.43. The third kappa shape index (κ3) is 5.02. The summed E-state index contributed by atoms with van der Waals surface area (Å²) in [4.78, 5) is 40.1. The molecule has 3 rings (SSSR count). The molecule has 1 saturated heterocycles. The third-order valence-electron chi connectivity index (χ3n) is 5.28. The second kappa shape index (κ2) is 9.39. The summed E-state index contributed by atoms with van der Waals surface area (Å²) in [6.07, 6.45) is 0. The Kier molecular flexibility index (Phi) is 6.80. The Labute approximate surface area is 187 Å². The van der Waals surface area contributed by atoms with E-state index in [-0.39, 0.29) is 18.0 Å². The number of alkyl halides is 2. The van der Waals surface area contributed by atoms with Crippen LogP contribution in [0, 0.1) is 5.82 Å². The molecule has 1 aliphatic heterocycles. The summed E-state index contributed by atoms with van der Waals surface area (Å²) in [6, 6.07) is 8.66. The van der Waals surface area contributed by atoms with Gasteiger partial charge in [-0.05, 0) is 42.3 Å². The standard InChI is InChI=1S/C22H22F3N3O5/c1-22(14-5-7-15(23)8-6-14)19(30)28(21(31)26-22)12-18(29)27(2)11-13-4-9-16(32-3)17(10-13)33-20(24)25/h4-10,20H,11-12H2,1-3H3,(H,26,31). The van der Waals surface area contributed by atoms with Gasteiger partial charge >= 0.3 is 12.6 Å². The number of rotatable bonds is 8. The molecule has 33 heavy (non-hydrogen) atoms. The fourth-order valence-corrected chi connectivity index (χ4v) is 3.44. The van der Waals surface area contributed by atoms with Crippen molar-refractivity contribution in [2.24, 2.45) is 0 Å². The summed E-state index contributed by atoms with van der Waals surface area (Å²) in [7, 11) is 2.75. The molecule has 2 aromatic carbocycles. The summed E-state index contributed by atoms with van der Waals surface area (Å²) in [5.41, 5.74) is -0.604. The maximum atomic E-state index is 13.2. The van der Waals surface area contributed by atoms with Crippen LogP contribution in [0.15, 0.2) is 42.5 Å². The molecular weight excluding hydrogens is 443 g/mol. The Bertz CT molecular complexity index is 1060. The first-order chi connectivity index (χ1) is 15.5. The number of hydrogen-bond donors (Lipinski definition) is 1. The van der Waals surface area contributed by atoms with Gasteiger partial charge in [0.05, 0.1) is 7.11 Å². The number of hydrogen-bond acceptors (Lipinski definition) is 5. The number of amides is 4. The van der Waals surface area contributed by atoms with Gasteiger partial charge in [0.25, 0.3) is 5.91 Å². The molecule has 1 fully saturated rings. The van der Waals surface area contributed by atoms with E-state index in [0.717, 1.165) is 4.90 Å². The molecule has 0 saturated carbocycles.